The Morgan fingerprint density at radius 1 is 0.500 bits per heavy atom. The Morgan fingerprint density at radius 3 is 1.21 bits per heavy atom. The summed E-state index contributed by atoms with van der Waals surface area (Å²) in [6.45, 7) is 23.9. The summed E-state index contributed by atoms with van der Waals surface area (Å²) < 4.78 is 5.56. The molecule has 0 bridgehead atoms. The van der Waals surface area contributed by atoms with Gasteiger partial charge in [0, 0.05) is 6.42 Å². The molecule has 42 heavy (non-hydrogen) atoms. The van der Waals surface area contributed by atoms with Crippen LogP contribution in [0.5, 0.6) is 0 Å². The minimum atomic E-state index is -0.0295. The summed E-state index contributed by atoms with van der Waals surface area (Å²) >= 11 is 0. The number of carbonyl (C=O) groups excluding carboxylic acids is 1. The predicted molar refractivity (Wildman–Crippen MR) is 188 cm³/mol. The van der Waals surface area contributed by atoms with Gasteiger partial charge in [-0.25, -0.2) is 0 Å². The summed E-state index contributed by atoms with van der Waals surface area (Å²) in [5.41, 5.74) is 1.36. The number of carbonyl (C=O) groups is 1. The first kappa shape index (κ1) is 41.2. The maximum Gasteiger partial charge on any atom is 0.306 e. The van der Waals surface area contributed by atoms with Crippen LogP contribution in [0.2, 0.25) is 0 Å². The molecule has 0 saturated heterocycles. The van der Waals surface area contributed by atoms with E-state index < -0.39 is 0 Å². The van der Waals surface area contributed by atoms with Crippen LogP contribution < -0.4 is 0 Å². The SMILES string of the molecule is C/C(=C\COC(=O)C[C@@H](C)CCC[C@H](C)CCC[C@H](C)CCCC(C)C)CCC[C@H](C)CCC[C@H](C)CCCC(C)C. The van der Waals surface area contributed by atoms with Gasteiger partial charge in [-0.15, -0.1) is 0 Å². The van der Waals surface area contributed by atoms with Gasteiger partial charge in [0.2, 0.25) is 0 Å². The molecule has 0 N–H and O–H groups in total. The Labute approximate surface area is 266 Å². The van der Waals surface area contributed by atoms with Crippen molar-refractivity contribution in [3.05, 3.63) is 11.6 Å². The highest BCUT2D eigenvalue weighted by Crippen LogP contribution is 2.24. The molecule has 0 spiro atoms. The number of rotatable bonds is 28. The van der Waals surface area contributed by atoms with E-state index in [9.17, 15) is 4.79 Å². The second kappa shape index (κ2) is 26.6. The lowest BCUT2D eigenvalue weighted by atomic mass is 9.91. The third-order valence-corrected chi connectivity index (χ3v) is 9.60. The van der Waals surface area contributed by atoms with Crippen LogP contribution in [-0.2, 0) is 9.53 Å². The number of hydrogen-bond acceptors (Lipinski definition) is 2. The molecule has 0 aromatic heterocycles. The van der Waals surface area contributed by atoms with Crippen molar-refractivity contribution in [2.24, 2.45) is 41.4 Å². The maximum absolute atomic E-state index is 12.3. The fourth-order valence-electron chi connectivity index (χ4n) is 6.32. The van der Waals surface area contributed by atoms with Crippen LogP contribution in [0.15, 0.2) is 11.6 Å². The van der Waals surface area contributed by atoms with Gasteiger partial charge in [-0.1, -0.05) is 171 Å². The second-order valence-corrected chi connectivity index (χ2v) is 15.8. The van der Waals surface area contributed by atoms with Crippen LogP contribution >= 0.6 is 0 Å². The van der Waals surface area contributed by atoms with E-state index >= 15 is 0 Å². The predicted octanol–water partition coefficient (Wildman–Crippen LogP) is 13.4. The van der Waals surface area contributed by atoms with Gasteiger partial charge in [0.05, 0.1) is 0 Å². The molecule has 0 aromatic carbocycles. The average Bonchev–Trinajstić information content (AvgIpc) is 2.88. The van der Waals surface area contributed by atoms with Gasteiger partial charge in [-0.05, 0) is 67.3 Å². The number of ether oxygens (including phenoxy) is 1. The monoisotopic (exact) mass is 591 g/mol. The van der Waals surface area contributed by atoms with E-state index in [2.05, 4.69) is 75.3 Å². The largest absolute Gasteiger partial charge is 0.461 e. The summed E-state index contributed by atoms with van der Waals surface area (Å²) in [5, 5.41) is 0. The molecule has 0 aliphatic heterocycles. The fourth-order valence-corrected chi connectivity index (χ4v) is 6.32. The molecule has 0 heterocycles. The third-order valence-electron chi connectivity index (χ3n) is 9.60. The average molecular weight is 591 g/mol. The highest BCUT2D eigenvalue weighted by Gasteiger charge is 2.12. The molecule has 0 amide bonds. The summed E-state index contributed by atoms with van der Waals surface area (Å²) in [6.07, 6.45) is 26.6. The molecular weight excluding hydrogens is 512 g/mol. The van der Waals surface area contributed by atoms with Crippen LogP contribution in [0.25, 0.3) is 0 Å². The Hall–Kier alpha value is -0.790. The molecule has 0 aromatic rings. The Morgan fingerprint density at radius 2 is 0.833 bits per heavy atom. The smallest absolute Gasteiger partial charge is 0.306 e. The van der Waals surface area contributed by atoms with E-state index in [1.165, 1.54) is 108 Å². The summed E-state index contributed by atoms with van der Waals surface area (Å²) in [5.74, 6) is 5.45. The lowest BCUT2D eigenvalue weighted by Crippen LogP contribution is -2.10. The van der Waals surface area contributed by atoms with E-state index in [0.717, 1.165) is 48.3 Å². The van der Waals surface area contributed by atoms with Gasteiger partial charge < -0.3 is 4.74 Å². The summed E-state index contributed by atoms with van der Waals surface area (Å²) in [6, 6.07) is 0. The van der Waals surface area contributed by atoms with Gasteiger partial charge in [0.15, 0.2) is 0 Å². The molecule has 0 aliphatic carbocycles. The van der Waals surface area contributed by atoms with Crippen LogP contribution in [0.1, 0.15) is 191 Å². The maximum atomic E-state index is 12.3. The van der Waals surface area contributed by atoms with Crippen molar-refractivity contribution < 1.29 is 9.53 Å². The molecule has 0 fully saturated rings. The Bertz CT molecular complexity index is 648. The molecular formula is C40H78O2. The van der Waals surface area contributed by atoms with Crippen LogP contribution in [0.3, 0.4) is 0 Å². The van der Waals surface area contributed by atoms with E-state index in [4.69, 9.17) is 4.74 Å². The Kier molecular flexibility index (Phi) is 26.1. The first-order chi connectivity index (χ1) is 19.9. The lowest BCUT2D eigenvalue weighted by molar-refractivity contribution is -0.143. The third kappa shape index (κ3) is 28.0. The lowest BCUT2D eigenvalue weighted by Gasteiger charge is -2.16. The van der Waals surface area contributed by atoms with Crippen molar-refractivity contribution >= 4 is 5.97 Å². The van der Waals surface area contributed by atoms with E-state index in [-0.39, 0.29) is 5.97 Å². The first-order valence-electron chi connectivity index (χ1n) is 18.7. The molecule has 0 radical (unpaired) electrons. The topological polar surface area (TPSA) is 26.3 Å². The van der Waals surface area contributed by atoms with Gasteiger partial charge in [-0.2, -0.15) is 0 Å². The van der Waals surface area contributed by atoms with E-state index in [1.807, 2.05) is 0 Å². The van der Waals surface area contributed by atoms with Crippen LogP contribution in [0.4, 0.5) is 0 Å². The Balaban J connectivity index is 3.84. The van der Waals surface area contributed by atoms with Crippen LogP contribution in [0, 0.1) is 41.4 Å². The van der Waals surface area contributed by atoms with Crippen molar-refractivity contribution in [1.29, 1.82) is 0 Å². The normalized spacial score (nSPS) is 16.0. The fraction of sp³-hybridized carbons (Fsp3) is 0.925. The molecule has 0 unspecified atom stereocenters. The van der Waals surface area contributed by atoms with Gasteiger partial charge in [-0.3, -0.25) is 4.79 Å². The van der Waals surface area contributed by atoms with Crippen molar-refractivity contribution in [1.82, 2.24) is 0 Å². The van der Waals surface area contributed by atoms with Crippen molar-refractivity contribution in [3.8, 4) is 0 Å². The molecule has 2 heteroatoms. The van der Waals surface area contributed by atoms with Gasteiger partial charge in [0.1, 0.15) is 6.61 Å². The molecule has 0 rings (SSSR count). The van der Waals surface area contributed by atoms with Crippen molar-refractivity contribution in [2.45, 2.75) is 191 Å². The standard InChI is InChI=1S/C40H78O2/c1-32(2)17-11-19-34(5)21-13-23-36(7)25-15-27-38(9)29-30-42-40(41)31-39(10)28-16-26-37(8)24-14-22-35(6)20-12-18-33(3)4/h29,32-37,39H,11-28,30-31H2,1-10H3/b38-29+/t34-,35-,36-,37-,39+/m1/s1. The summed E-state index contributed by atoms with van der Waals surface area (Å²) in [4.78, 5) is 12.3. The van der Waals surface area contributed by atoms with E-state index in [1.54, 1.807) is 0 Å². The zero-order valence-corrected chi connectivity index (χ0v) is 30.6. The number of allylic oxidation sites excluding steroid dienone is 1. The molecule has 0 saturated carbocycles. The second-order valence-electron chi connectivity index (χ2n) is 15.8. The van der Waals surface area contributed by atoms with E-state index in [0.29, 0.717) is 18.9 Å². The number of esters is 1. The molecule has 0 aliphatic rings. The zero-order chi connectivity index (χ0) is 31.8. The highest BCUT2D eigenvalue weighted by molar-refractivity contribution is 5.69. The minimum Gasteiger partial charge on any atom is -0.461 e. The zero-order valence-electron chi connectivity index (χ0n) is 30.6. The highest BCUT2D eigenvalue weighted by atomic mass is 16.5. The quantitative estimate of drug-likeness (QED) is 0.0669. The van der Waals surface area contributed by atoms with Crippen molar-refractivity contribution in [2.75, 3.05) is 6.61 Å². The van der Waals surface area contributed by atoms with Crippen molar-refractivity contribution in [3.63, 3.8) is 0 Å². The van der Waals surface area contributed by atoms with Crippen LogP contribution in [-0.4, -0.2) is 12.6 Å². The molecule has 2 nitrogen and oxygen atoms in total. The first-order valence-corrected chi connectivity index (χ1v) is 18.7. The molecule has 5 atom stereocenters. The summed E-state index contributed by atoms with van der Waals surface area (Å²) in [7, 11) is 0. The number of hydrogen-bond donors (Lipinski definition) is 0. The van der Waals surface area contributed by atoms with Gasteiger partial charge in [0.25, 0.3) is 0 Å². The molecule has 250 valence electrons. The van der Waals surface area contributed by atoms with Gasteiger partial charge >= 0.3 is 5.97 Å². The minimum absolute atomic E-state index is 0.0295.